The van der Waals surface area contributed by atoms with E-state index in [9.17, 15) is 27.9 Å². The minimum atomic E-state index is -4.37. The first-order chi connectivity index (χ1) is 15.6. The molecule has 1 fully saturated rings. The van der Waals surface area contributed by atoms with Crippen molar-refractivity contribution in [1.82, 2.24) is 4.90 Å². The number of aliphatic hydroxyl groups is 1. The summed E-state index contributed by atoms with van der Waals surface area (Å²) in [5.74, 6) is 0.711. The average Bonchev–Trinajstić information content (AvgIpc) is 3.07. The Bertz CT molecular complexity index is 803. The van der Waals surface area contributed by atoms with E-state index in [1.807, 2.05) is 6.08 Å². The van der Waals surface area contributed by atoms with Crippen LogP contribution < -0.4 is 0 Å². The quantitative estimate of drug-likeness (QED) is 0.305. The van der Waals surface area contributed by atoms with E-state index >= 15 is 0 Å². The monoisotopic (exact) mass is 489 g/mol. The van der Waals surface area contributed by atoms with E-state index in [0.717, 1.165) is 17.1 Å². The first kappa shape index (κ1) is 27.2. The number of halogens is 3. The van der Waals surface area contributed by atoms with Gasteiger partial charge in [-0.15, -0.1) is 0 Å². The summed E-state index contributed by atoms with van der Waals surface area (Å²) in [6.45, 7) is -0.894. The number of nitrogens with zero attached hydrogens (tertiary/aromatic N) is 1. The van der Waals surface area contributed by atoms with Crippen LogP contribution in [0.4, 0.5) is 13.2 Å². The fraction of sp³-hybridized carbons (Fsp3) is 0.565. The zero-order valence-corrected chi connectivity index (χ0v) is 19.1. The number of ether oxygens (including phenoxy) is 1. The highest BCUT2D eigenvalue weighted by Crippen LogP contribution is 2.21. The second kappa shape index (κ2) is 13.6. The number of aliphatic carboxylic acids is 1. The molecule has 0 bridgehead atoms. The summed E-state index contributed by atoms with van der Waals surface area (Å²) in [5, 5.41) is 19.0. The highest BCUT2D eigenvalue weighted by Gasteiger charge is 2.29. The van der Waals surface area contributed by atoms with Crippen molar-refractivity contribution >= 4 is 23.6 Å². The molecule has 2 rings (SSSR count). The van der Waals surface area contributed by atoms with Crippen LogP contribution in [-0.2, 0) is 27.4 Å². The topological polar surface area (TPSA) is 87.1 Å². The summed E-state index contributed by atoms with van der Waals surface area (Å²) in [5.41, 5.74) is 1.37. The largest absolute Gasteiger partial charge is 0.481 e. The van der Waals surface area contributed by atoms with Crippen molar-refractivity contribution in [1.29, 1.82) is 0 Å². The van der Waals surface area contributed by atoms with Gasteiger partial charge in [0.25, 0.3) is 0 Å². The smallest absolute Gasteiger partial charge is 0.411 e. The molecule has 1 aliphatic heterocycles. The molecular weight excluding hydrogens is 459 g/mol. The first-order valence-corrected chi connectivity index (χ1v) is 12.0. The molecule has 10 heteroatoms. The lowest BCUT2D eigenvalue weighted by molar-refractivity contribution is -0.176. The van der Waals surface area contributed by atoms with Crippen LogP contribution in [0.2, 0.25) is 0 Å². The molecule has 6 nitrogen and oxygen atoms in total. The summed E-state index contributed by atoms with van der Waals surface area (Å²) in [6.07, 6.45) is 0.494. The third kappa shape index (κ3) is 11.1. The van der Waals surface area contributed by atoms with Gasteiger partial charge in [0.2, 0.25) is 5.91 Å². The molecule has 1 amide bonds. The number of carboxylic acids is 1. The zero-order chi connectivity index (χ0) is 24.3. The number of alkyl halides is 3. The van der Waals surface area contributed by atoms with Crippen LogP contribution in [0.1, 0.15) is 36.8 Å². The van der Waals surface area contributed by atoms with Crippen LogP contribution in [0.3, 0.4) is 0 Å². The molecule has 0 unspecified atom stereocenters. The van der Waals surface area contributed by atoms with Crippen LogP contribution in [0.5, 0.6) is 0 Å². The Morgan fingerprint density at radius 3 is 2.79 bits per heavy atom. The van der Waals surface area contributed by atoms with Crippen LogP contribution in [-0.4, -0.2) is 70.0 Å². The average molecular weight is 490 g/mol. The number of hydrogen-bond acceptors (Lipinski definition) is 5. The maximum absolute atomic E-state index is 12.2. The van der Waals surface area contributed by atoms with Crippen molar-refractivity contribution in [3.8, 4) is 0 Å². The minimum absolute atomic E-state index is 0.0665. The molecule has 0 aromatic heterocycles. The number of aliphatic hydroxyl groups excluding tert-OH is 1. The number of likely N-dealkylation sites (tertiary alicyclic amines) is 1. The third-order valence-electron chi connectivity index (χ3n) is 5.06. The van der Waals surface area contributed by atoms with E-state index in [-0.39, 0.29) is 25.0 Å². The molecule has 184 valence electrons. The fourth-order valence-corrected chi connectivity index (χ4v) is 4.41. The van der Waals surface area contributed by atoms with Crippen LogP contribution in [0.25, 0.3) is 0 Å². The number of carboxylic acid groups (broad SMARTS) is 1. The predicted molar refractivity (Wildman–Crippen MR) is 120 cm³/mol. The van der Waals surface area contributed by atoms with Gasteiger partial charge in [-0.2, -0.15) is 24.9 Å². The lowest BCUT2D eigenvalue weighted by Gasteiger charge is -2.22. The molecule has 1 aliphatic rings. The Kier molecular flexibility index (Phi) is 11.2. The van der Waals surface area contributed by atoms with Crippen molar-refractivity contribution in [2.45, 2.75) is 57.0 Å². The number of carbonyl (C=O) groups excluding carboxylic acids is 1. The number of rotatable bonds is 14. The molecule has 2 N–H and O–H groups in total. The van der Waals surface area contributed by atoms with E-state index in [1.54, 1.807) is 47.0 Å². The van der Waals surface area contributed by atoms with Gasteiger partial charge in [0, 0.05) is 31.6 Å². The van der Waals surface area contributed by atoms with Crippen molar-refractivity contribution in [3.05, 3.63) is 47.5 Å². The molecule has 2 atom stereocenters. The number of thioether (sulfide) groups is 1. The molecule has 1 aromatic carbocycles. The highest BCUT2D eigenvalue weighted by molar-refractivity contribution is 7.99. The van der Waals surface area contributed by atoms with Crippen molar-refractivity contribution in [2.75, 3.05) is 24.7 Å². The SMILES string of the molecule is O=C(O)CCCSCCN1C(=O)CC[C@@H]1/C=C/[C@@H](O)Cc1cccc(COCC(F)(F)F)c1. The maximum Gasteiger partial charge on any atom is 0.411 e. The summed E-state index contributed by atoms with van der Waals surface area (Å²) < 4.78 is 41.3. The van der Waals surface area contributed by atoms with Gasteiger partial charge in [-0.1, -0.05) is 36.4 Å². The van der Waals surface area contributed by atoms with Crippen LogP contribution in [0, 0.1) is 0 Å². The zero-order valence-electron chi connectivity index (χ0n) is 18.3. The van der Waals surface area contributed by atoms with Gasteiger partial charge in [-0.05, 0) is 29.7 Å². The second-order valence-corrected chi connectivity index (χ2v) is 9.11. The van der Waals surface area contributed by atoms with Gasteiger partial charge in [-0.3, -0.25) is 9.59 Å². The number of carbonyl (C=O) groups is 2. The molecule has 33 heavy (non-hydrogen) atoms. The van der Waals surface area contributed by atoms with Gasteiger partial charge in [0.1, 0.15) is 6.61 Å². The molecule has 1 heterocycles. The molecular formula is C23H30F3NO5S. The Hall–Kier alpha value is -2.04. The van der Waals surface area contributed by atoms with E-state index in [0.29, 0.717) is 37.8 Å². The van der Waals surface area contributed by atoms with Gasteiger partial charge in [0.05, 0.1) is 18.8 Å². The van der Waals surface area contributed by atoms with Crippen LogP contribution in [0.15, 0.2) is 36.4 Å². The van der Waals surface area contributed by atoms with E-state index in [2.05, 4.69) is 4.74 Å². The molecule has 0 radical (unpaired) electrons. The van der Waals surface area contributed by atoms with E-state index in [4.69, 9.17) is 5.11 Å². The molecule has 1 aromatic rings. The fourth-order valence-electron chi connectivity index (χ4n) is 3.53. The second-order valence-electron chi connectivity index (χ2n) is 7.89. The van der Waals surface area contributed by atoms with Gasteiger partial charge in [0.15, 0.2) is 0 Å². The molecule has 0 aliphatic carbocycles. The number of amides is 1. The summed E-state index contributed by atoms with van der Waals surface area (Å²) in [7, 11) is 0. The third-order valence-corrected chi connectivity index (χ3v) is 6.11. The van der Waals surface area contributed by atoms with Crippen molar-refractivity contribution in [2.24, 2.45) is 0 Å². The van der Waals surface area contributed by atoms with Gasteiger partial charge in [-0.25, -0.2) is 0 Å². The Balaban J connectivity index is 1.79. The minimum Gasteiger partial charge on any atom is -0.481 e. The Morgan fingerprint density at radius 1 is 1.30 bits per heavy atom. The Labute approximate surface area is 195 Å². The maximum atomic E-state index is 12.2. The lowest BCUT2D eigenvalue weighted by atomic mass is 10.0. The highest BCUT2D eigenvalue weighted by atomic mass is 32.2. The number of benzene rings is 1. The molecule has 1 saturated heterocycles. The molecule has 0 spiro atoms. The number of hydrogen-bond donors (Lipinski definition) is 2. The first-order valence-electron chi connectivity index (χ1n) is 10.8. The molecule has 0 saturated carbocycles. The van der Waals surface area contributed by atoms with E-state index in [1.165, 1.54) is 0 Å². The van der Waals surface area contributed by atoms with Crippen molar-refractivity contribution < 1.29 is 37.7 Å². The lowest BCUT2D eigenvalue weighted by Crippen LogP contribution is -2.34. The summed E-state index contributed by atoms with van der Waals surface area (Å²) in [6, 6.07) is 6.79. The Morgan fingerprint density at radius 2 is 2.06 bits per heavy atom. The van der Waals surface area contributed by atoms with E-state index < -0.39 is 24.9 Å². The summed E-state index contributed by atoms with van der Waals surface area (Å²) in [4.78, 5) is 24.5. The predicted octanol–water partition coefficient (Wildman–Crippen LogP) is 3.81. The van der Waals surface area contributed by atoms with Gasteiger partial charge < -0.3 is 19.8 Å². The van der Waals surface area contributed by atoms with Crippen LogP contribution >= 0.6 is 11.8 Å². The van der Waals surface area contributed by atoms with Gasteiger partial charge >= 0.3 is 12.1 Å². The standard InChI is InChI=1S/C23H30F3NO5S/c24-23(25,26)16-32-15-18-4-1-3-17(13-18)14-20(28)8-6-19-7-9-21(29)27(19)10-12-33-11-2-5-22(30)31/h1,3-4,6,8,13,19-20,28H,2,5,7,9-12,14-16H2,(H,30,31)/b8-6+/t19-,20+/m0/s1. The van der Waals surface area contributed by atoms with Crippen molar-refractivity contribution in [3.63, 3.8) is 0 Å². The normalized spacial score (nSPS) is 17.8. The summed E-state index contributed by atoms with van der Waals surface area (Å²) >= 11 is 1.62.